The Kier molecular flexibility index (Phi) is 7.37. The van der Waals surface area contributed by atoms with Crippen LogP contribution in [0.25, 0.3) is 0 Å². The van der Waals surface area contributed by atoms with Crippen LogP contribution in [-0.4, -0.2) is 35.2 Å². The Labute approximate surface area is 108 Å². The van der Waals surface area contributed by atoms with Crippen molar-refractivity contribution in [3.05, 3.63) is 11.6 Å². The third-order valence-corrected chi connectivity index (χ3v) is 4.06. The summed E-state index contributed by atoms with van der Waals surface area (Å²) in [5, 5.41) is 11.9. The van der Waals surface area contributed by atoms with Crippen molar-refractivity contribution in [3.8, 4) is 0 Å². The number of allylic oxidation sites excluding steroid dienone is 1. The molecule has 4 heteroatoms. The Hall–Kier alpha value is -0.480. The van der Waals surface area contributed by atoms with Crippen LogP contribution in [0.1, 0.15) is 39.0 Å². The molecule has 1 unspecified atom stereocenters. The molecule has 0 saturated carbocycles. The number of carbonyl (C=O) groups is 1. The molecule has 0 radical (unpaired) electrons. The van der Waals surface area contributed by atoms with Crippen molar-refractivity contribution in [2.24, 2.45) is 0 Å². The van der Waals surface area contributed by atoms with Crippen molar-refractivity contribution in [2.75, 3.05) is 18.9 Å². The van der Waals surface area contributed by atoms with E-state index < -0.39 is 0 Å². The summed E-state index contributed by atoms with van der Waals surface area (Å²) in [4.78, 5) is 11.5. The van der Waals surface area contributed by atoms with Gasteiger partial charge in [0.05, 0.1) is 12.4 Å². The predicted molar refractivity (Wildman–Crippen MR) is 73.2 cm³/mol. The predicted octanol–water partition coefficient (Wildman–Crippen LogP) is 2.11. The highest BCUT2D eigenvalue weighted by Gasteiger charge is 2.07. The second-order valence-corrected chi connectivity index (χ2v) is 5.94. The molecule has 1 aliphatic rings. The van der Waals surface area contributed by atoms with Gasteiger partial charge in [0.25, 0.3) is 0 Å². The second-order valence-electron chi connectivity index (χ2n) is 4.51. The minimum absolute atomic E-state index is 0.0757. The van der Waals surface area contributed by atoms with Crippen LogP contribution >= 0.6 is 11.8 Å². The molecule has 1 atom stereocenters. The van der Waals surface area contributed by atoms with Gasteiger partial charge in [0.15, 0.2) is 0 Å². The van der Waals surface area contributed by atoms with Crippen molar-refractivity contribution in [1.82, 2.24) is 5.32 Å². The Balaban J connectivity index is 2.05. The molecular weight excluding hydrogens is 234 g/mol. The zero-order chi connectivity index (χ0) is 12.5. The molecule has 0 saturated heterocycles. The van der Waals surface area contributed by atoms with Gasteiger partial charge in [-0.15, -0.1) is 11.8 Å². The number of aliphatic hydroxyl groups excluding tert-OH is 1. The summed E-state index contributed by atoms with van der Waals surface area (Å²) in [5.74, 6) is 0.521. The van der Waals surface area contributed by atoms with Crippen LogP contribution in [-0.2, 0) is 4.79 Å². The molecule has 1 aliphatic carbocycles. The summed E-state index contributed by atoms with van der Waals surface area (Å²) in [5.41, 5.74) is 1.49. The van der Waals surface area contributed by atoms with Crippen LogP contribution in [0.2, 0.25) is 0 Å². The van der Waals surface area contributed by atoms with Crippen LogP contribution in [0.4, 0.5) is 0 Å². The standard InChI is InChI=1S/C13H23NO2S/c1-11(9-15)17-10-13(16)14-8-7-12-5-3-2-4-6-12/h5,11,15H,2-4,6-10H2,1H3,(H,14,16). The zero-order valence-electron chi connectivity index (χ0n) is 10.6. The van der Waals surface area contributed by atoms with E-state index in [0.717, 1.165) is 13.0 Å². The molecule has 1 rings (SSSR count). The van der Waals surface area contributed by atoms with E-state index in [9.17, 15) is 4.79 Å². The minimum Gasteiger partial charge on any atom is -0.395 e. The maximum Gasteiger partial charge on any atom is 0.230 e. The number of aliphatic hydroxyl groups is 1. The molecule has 0 bridgehead atoms. The van der Waals surface area contributed by atoms with Crippen molar-refractivity contribution in [3.63, 3.8) is 0 Å². The van der Waals surface area contributed by atoms with Gasteiger partial charge in [-0.3, -0.25) is 4.79 Å². The van der Waals surface area contributed by atoms with E-state index in [4.69, 9.17) is 5.11 Å². The molecule has 0 aromatic carbocycles. The molecule has 17 heavy (non-hydrogen) atoms. The number of hydrogen-bond donors (Lipinski definition) is 2. The SMILES string of the molecule is CC(CO)SCC(=O)NCCC1=CCCCC1. The van der Waals surface area contributed by atoms with Gasteiger partial charge >= 0.3 is 0 Å². The molecular formula is C13H23NO2S. The first-order chi connectivity index (χ1) is 8.22. The quantitative estimate of drug-likeness (QED) is 0.687. The highest BCUT2D eigenvalue weighted by atomic mass is 32.2. The van der Waals surface area contributed by atoms with E-state index in [1.165, 1.54) is 43.0 Å². The van der Waals surface area contributed by atoms with Crippen LogP contribution < -0.4 is 5.32 Å². The fourth-order valence-electron chi connectivity index (χ4n) is 1.82. The van der Waals surface area contributed by atoms with Gasteiger partial charge in [-0.25, -0.2) is 0 Å². The van der Waals surface area contributed by atoms with E-state index >= 15 is 0 Å². The van der Waals surface area contributed by atoms with Crippen LogP contribution in [0, 0.1) is 0 Å². The Bertz CT molecular complexity index is 266. The van der Waals surface area contributed by atoms with Gasteiger partial charge in [0, 0.05) is 11.8 Å². The van der Waals surface area contributed by atoms with E-state index in [1.54, 1.807) is 0 Å². The normalized spacial score (nSPS) is 17.4. The van der Waals surface area contributed by atoms with E-state index in [0.29, 0.717) is 5.75 Å². The van der Waals surface area contributed by atoms with Gasteiger partial charge in [0.2, 0.25) is 5.91 Å². The molecule has 0 aliphatic heterocycles. The number of amides is 1. The molecule has 0 aromatic rings. The lowest BCUT2D eigenvalue weighted by Gasteiger charge is -2.13. The van der Waals surface area contributed by atoms with Crippen molar-refractivity contribution in [2.45, 2.75) is 44.3 Å². The number of thioether (sulfide) groups is 1. The largest absolute Gasteiger partial charge is 0.395 e. The lowest BCUT2D eigenvalue weighted by atomic mass is 9.97. The van der Waals surface area contributed by atoms with Gasteiger partial charge in [-0.1, -0.05) is 18.6 Å². The van der Waals surface area contributed by atoms with E-state index in [1.807, 2.05) is 6.92 Å². The van der Waals surface area contributed by atoms with Gasteiger partial charge < -0.3 is 10.4 Å². The lowest BCUT2D eigenvalue weighted by Crippen LogP contribution is -2.27. The Morgan fingerprint density at radius 3 is 3.06 bits per heavy atom. The average molecular weight is 257 g/mol. The maximum atomic E-state index is 11.5. The minimum atomic E-state index is 0.0757. The molecule has 98 valence electrons. The molecule has 0 spiro atoms. The van der Waals surface area contributed by atoms with Gasteiger partial charge in [-0.2, -0.15) is 0 Å². The average Bonchev–Trinajstić information content (AvgIpc) is 2.37. The van der Waals surface area contributed by atoms with Crippen molar-refractivity contribution in [1.29, 1.82) is 0 Å². The Morgan fingerprint density at radius 2 is 2.41 bits per heavy atom. The first-order valence-electron chi connectivity index (χ1n) is 6.39. The topological polar surface area (TPSA) is 49.3 Å². The fourth-order valence-corrected chi connectivity index (χ4v) is 2.46. The zero-order valence-corrected chi connectivity index (χ0v) is 11.4. The molecule has 0 heterocycles. The number of nitrogens with one attached hydrogen (secondary N) is 1. The summed E-state index contributed by atoms with van der Waals surface area (Å²) < 4.78 is 0. The van der Waals surface area contributed by atoms with E-state index in [-0.39, 0.29) is 17.8 Å². The number of rotatable bonds is 7. The molecule has 3 nitrogen and oxygen atoms in total. The summed E-state index contributed by atoms with van der Waals surface area (Å²) in [7, 11) is 0. The van der Waals surface area contributed by atoms with Crippen LogP contribution in [0.15, 0.2) is 11.6 Å². The maximum absolute atomic E-state index is 11.5. The third kappa shape index (κ3) is 6.74. The van der Waals surface area contributed by atoms with Crippen molar-refractivity contribution < 1.29 is 9.90 Å². The third-order valence-electron chi connectivity index (χ3n) is 2.91. The highest BCUT2D eigenvalue weighted by Crippen LogP contribution is 2.19. The summed E-state index contributed by atoms with van der Waals surface area (Å²) in [6, 6.07) is 0. The number of hydrogen-bond acceptors (Lipinski definition) is 3. The summed E-state index contributed by atoms with van der Waals surface area (Å²) in [6.07, 6.45) is 8.32. The fraction of sp³-hybridized carbons (Fsp3) is 0.769. The molecule has 2 N–H and O–H groups in total. The molecule has 0 aromatic heterocycles. The van der Waals surface area contributed by atoms with Gasteiger partial charge in [0.1, 0.15) is 0 Å². The van der Waals surface area contributed by atoms with Crippen LogP contribution in [0.5, 0.6) is 0 Å². The van der Waals surface area contributed by atoms with Crippen molar-refractivity contribution >= 4 is 17.7 Å². The monoisotopic (exact) mass is 257 g/mol. The lowest BCUT2D eigenvalue weighted by molar-refractivity contribution is -0.118. The molecule has 0 fully saturated rings. The second kappa shape index (κ2) is 8.59. The Morgan fingerprint density at radius 1 is 1.59 bits per heavy atom. The van der Waals surface area contributed by atoms with Crippen LogP contribution in [0.3, 0.4) is 0 Å². The first-order valence-corrected chi connectivity index (χ1v) is 7.44. The summed E-state index contributed by atoms with van der Waals surface area (Å²) in [6.45, 7) is 2.80. The smallest absolute Gasteiger partial charge is 0.230 e. The first kappa shape index (κ1) is 14.6. The van der Waals surface area contributed by atoms with Gasteiger partial charge in [-0.05, 0) is 32.1 Å². The molecule has 1 amide bonds. The van der Waals surface area contributed by atoms with E-state index in [2.05, 4.69) is 11.4 Å². The highest BCUT2D eigenvalue weighted by molar-refractivity contribution is 8.00. The number of carbonyl (C=O) groups excluding carboxylic acids is 1. The summed E-state index contributed by atoms with van der Waals surface area (Å²) >= 11 is 1.49.